The lowest BCUT2D eigenvalue weighted by atomic mass is 9.63. The minimum Gasteiger partial charge on any atom is -0.507 e. The maximum absolute atomic E-state index is 11.3. The van der Waals surface area contributed by atoms with Crippen LogP contribution < -0.4 is 0 Å². The van der Waals surface area contributed by atoms with Gasteiger partial charge in [-0.1, -0.05) is 138 Å². The topological polar surface area (TPSA) is 40.5 Å². The van der Waals surface area contributed by atoms with Gasteiger partial charge in [0.05, 0.1) is 0 Å². The van der Waals surface area contributed by atoms with Crippen molar-refractivity contribution in [2.75, 3.05) is 0 Å². The maximum atomic E-state index is 11.3. The van der Waals surface area contributed by atoms with Crippen molar-refractivity contribution in [3.8, 4) is 11.5 Å². The highest BCUT2D eigenvalue weighted by Gasteiger charge is 2.37. The Labute approximate surface area is 258 Å². The van der Waals surface area contributed by atoms with Gasteiger partial charge in [-0.2, -0.15) is 0 Å². The van der Waals surface area contributed by atoms with E-state index in [1.54, 1.807) is 0 Å². The molecule has 0 aliphatic heterocycles. The van der Waals surface area contributed by atoms with Crippen molar-refractivity contribution in [3.63, 3.8) is 0 Å². The van der Waals surface area contributed by atoms with Crippen molar-refractivity contribution in [3.05, 3.63) is 80.4 Å². The lowest BCUT2D eigenvalue weighted by molar-refractivity contribution is 0.298. The summed E-state index contributed by atoms with van der Waals surface area (Å²) in [5.74, 6) is 1.22. The molecule has 2 aromatic rings. The van der Waals surface area contributed by atoms with Crippen LogP contribution >= 0.6 is 0 Å². The Hall–Kier alpha value is -2.48. The molecule has 0 bridgehead atoms. The van der Waals surface area contributed by atoms with Crippen molar-refractivity contribution >= 4 is 0 Å². The minimum absolute atomic E-state index is 0.0726. The van der Waals surface area contributed by atoms with Crippen molar-refractivity contribution in [1.29, 1.82) is 0 Å². The molecule has 2 heteroatoms. The molecule has 232 valence electrons. The molecular formula is C40H60O2. The van der Waals surface area contributed by atoms with Gasteiger partial charge in [0, 0.05) is 0 Å². The smallest absolute Gasteiger partial charge is 0.123 e. The number of benzene rings is 2. The molecule has 1 aliphatic carbocycles. The molecule has 0 saturated carbocycles. The Morgan fingerprint density at radius 3 is 1.29 bits per heavy atom. The van der Waals surface area contributed by atoms with Crippen LogP contribution in [0, 0.1) is 11.3 Å². The Morgan fingerprint density at radius 1 is 0.619 bits per heavy atom. The summed E-state index contributed by atoms with van der Waals surface area (Å²) in [5, 5.41) is 22.7. The van der Waals surface area contributed by atoms with Gasteiger partial charge in [-0.3, -0.25) is 0 Å². The van der Waals surface area contributed by atoms with Crippen LogP contribution in [0.2, 0.25) is 0 Å². The van der Waals surface area contributed by atoms with E-state index in [-0.39, 0.29) is 27.1 Å². The molecule has 0 radical (unpaired) electrons. The molecule has 42 heavy (non-hydrogen) atoms. The van der Waals surface area contributed by atoms with Gasteiger partial charge in [0.2, 0.25) is 0 Å². The van der Waals surface area contributed by atoms with Crippen LogP contribution in [0.25, 0.3) is 0 Å². The van der Waals surface area contributed by atoms with E-state index in [0.29, 0.717) is 17.4 Å². The van der Waals surface area contributed by atoms with E-state index in [1.165, 1.54) is 27.8 Å². The van der Waals surface area contributed by atoms with Crippen LogP contribution in [-0.4, -0.2) is 10.2 Å². The number of rotatable bonds is 4. The van der Waals surface area contributed by atoms with Gasteiger partial charge in [0.1, 0.15) is 11.5 Å². The largest absolute Gasteiger partial charge is 0.507 e. The number of phenolic OH excluding ortho intramolecular Hbond substituents is 2. The average Bonchev–Trinajstić information content (AvgIpc) is 2.79. The summed E-state index contributed by atoms with van der Waals surface area (Å²) >= 11 is 0. The summed E-state index contributed by atoms with van der Waals surface area (Å²) in [5.41, 5.74) is 10.2. The first-order valence-electron chi connectivity index (χ1n) is 15.9. The quantitative estimate of drug-likeness (QED) is 0.382. The van der Waals surface area contributed by atoms with Crippen molar-refractivity contribution in [2.45, 2.75) is 145 Å². The van der Waals surface area contributed by atoms with E-state index in [1.807, 2.05) is 0 Å². The third-order valence-corrected chi connectivity index (χ3v) is 9.68. The number of aromatic hydroxyl groups is 2. The molecule has 0 heterocycles. The molecule has 0 amide bonds. The molecule has 1 aliphatic rings. The first-order valence-corrected chi connectivity index (χ1v) is 15.9. The Bertz CT molecular complexity index is 1330. The van der Waals surface area contributed by atoms with E-state index in [2.05, 4.69) is 141 Å². The normalized spacial score (nSPS) is 20.7. The first kappa shape index (κ1) is 34.0. The van der Waals surface area contributed by atoms with Crippen molar-refractivity contribution in [2.24, 2.45) is 11.3 Å². The fourth-order valence-corrected chi connectivity index (χ4v) is 6.73. The Balaban J connectivity index is 2.13. The predicted octanol–water partition coefficient (Wildman–Crippen LogP) is 11.0. The second kappa shape index (κ2) is 10.9. The van der Waals surface area contributed by atoms with E-state index in [0.717, 1.165) is 35.1 Å². The van der Waals surface area contributed by atoms with Gasteiger partial charge >= 0.3 is 0 Å². The summed E-state index contributed by atoms with van der Waals surface area (Å²) in [7, 11) is 0. The fourth-order valence-electron chi connectivity index (χ4n) is 6.73. The van der Waals surface area contributed by atoms with E-state index in [9.17, 15) is 10.2 Å². The summed E-state index contributed by atoms with van der Waals surface area (Å²) in [4.78, 5) is 0. The number of allylic oxidation sites excluding steroid dienone is 4. The third-order valence-electron chi connectivity index (χ3n) is 9.68. The highest BCUT2D eigenvalue weighted by molar-refractivity contribution is 5.53. The fraction of sp³-hybridized carbons (Fsp3) is 0.600. The summed E-state index contributed by atoms with van der Waals surface area (Å²) in [6.45, 7) is 35.6. The van der Waals surface area contributed by atoms with Gasteiger partial charge in [0.15, 0.2) is 0 Å². The summed E-state index contributed by atoms with van der Waals surface area (Å²) in [6.07, 6.45) is 4.27. The molecule has 2 aromatic carbocycles. The first-order chi connectivity index (χ1) is 18.8. The Kier molecular flexibility index (Phi) is 8.83. The lowest BCUT2D eigenvalue weighted by Crippen LogP contribution is -2.32. The molecule has 2 atom stereocenters. The minimum atomic E-state index is -0.152. The van der Waals surface area contributed by atoms with Gasteiger partial charge in [-0.25, -0.2) is 0 Å². The van der Waals surface area contributed by atoms with Gasteiger partial charge in [-0.15, -0.1) is 0 Å². The predicted molar refractivity (Wildman–Crippen MR) is 182 cm³/mol. The molecule has 0 spiro atoms. The Morgan fingerprint density at radius 2 is 0.952 bits per heavy atom. The molecule has 2 N–H and O–H groups in total. The average molecular weight is 573 g/mol. The van der Waals surface area contributed by atoms with Gasteiger partial charge in [0.25, 0.3) is 0 Å². The summed E-state index contributed by atoms with van der Waals surface area (Å²) < 4.78 is 0. The standard InChI is InChI=1S/C40H60O2/c1-24-22-40(16,23-28-20-32(38(10,11)12)35(42)33(21-28)39(13,14)15)26(3)29(25(24)2)17-27-18-30(36(4,5)6)34(41)31(19-27)37(7,8)9/h18-22,26,41-42H,17,23H2,1-16H3. The highest BCUT2D eigenvalue weighted by Crippen LogP contribution is 2.48. The molecule has 0 fully saturated rings. The summed E-state index contributed by atoms with van der Waals surface area (Å²) in [6, 6.07) is 8.99. The molecule has 0 saturated heterocycles. The molecular weight excluding hydrogens is 512 g/mol. The zero-order valence-electron chi connectivity index (χ0n) is 29.8. The third kappa shape index (κ3) is 6.84. The maximum Gasteiger partial charge on any atom is 0.123 e. The van der Waals surface area contributed by atoms with Crippen molar-refractivity contribution in [1.82, 2.24) is 0 Å². The van der Waals surface area contributed by atoms with Crippen LogP contribution in [0.1, 0.15) is 144 Å². The molecule has 2 unspecified atom stereocenters. The van der Waals surface area contributed by atoms with Crippen LogP contribution in [-0.2, 0) is 34.5 Å². The van der Waals surface area contributed by atoms with Crippen LogP contribution in [0.15, 0.2) is 47.1 Å². The second-order valence-electron chi connectivity index (χ2n) is 17.6. The zero-order chi connectivity index (χ0) is 32.4. The molecule has 2 nitrogen and oxygen atoms in total. The number of hydrogen-bond acceptors (Lipinski definition) is 2. The molecule has 0 aromatic heterocycles. The van der Waals surface area contributed by atoms with E-state index >= 15 is 0 Å². The monoisotopic (exact) mass is 572 g/mol. The zero-order valence-corrected chi connectivity index (χ0v) is 29.8. The van der Waals surface area contributed by atoms with E-state index < -0.39 is 0 Å². The second-order valence-corrected chi connectivity index (χ2v) is 17.6. The van der Waals surface area contributed by atoms with Crippen LogP contribution in [0.5, 0.6) is 11.5 Å². The highest BCUT2D eigenvalue weighted by atomic mass is 16.3. The lowest BCUT2D eigenvalue weighted by Gasteiger charge is -2.41. The molecule has 3 rings (SSSR count). The number of hydrogen-bond donors (Lipinski definition) is 2. The number of phenols is 2. The SMILES string of the molecule is CC1=CC(C)(Cc2cc(C(C)(C)C)c(O)c(C(C)(C)C)c2)C(C)C(Cc2cc(C(C)(C)C)c(O)c(C(C)(C)C)c2)=C1C. The van der Waals surface area contributed by atoms with Crippen molar-refractivity contribution < 1.29 is 10.2 Å². The van der Waals surface area contributed by atoms with Gasteiger partial charge < -0.3 is 10.2 Å². The van der Waals surface area contributed by atoms with E-state index in [4.69, 9.17) is 0 Å². The van der Waals surface area contributed by atoms with Crippen LogP contribution in [0.4, 0.5) is 0 Å². The van der Waals surface area contributed by atoms with Crippen LogP contribution in [0.3, 0.4) is 0 Å². The van der Waals surface area contributed by atoms with Gasteiger partial charge in [-0.05, 0) is 98.6 Å².